The molecule has 0 radical (unpaired) electrons. The van der Waals surface area contributed by atoms with Gasteiger partial charge in [0.25, 0.3) is 11.8 Å². The first-order valence-corrected chi connectivity index (χ1v) is 42.6. The van der Waals surface area contributed by atoms with Crippen LogP contribution in [0.5, 0.6) is 0 Å². The molecule has 10 heteroatoms. The van der Waals surface area contributed by atoms with Gasteiger partial charge in [0.2, 0.25) is 0 Å². The van der Waals surface area contributed by atoms with Crippen LogP contribution in [0.15, 0.2) is 77.2 Å². The molecule has 3 aromatic heterocycles. The molecule has 0 spiro atoms. The van der Waals surface area contributed by atoms with Crippen LogP contribution >= 0.6 is 22.7 Å². The molecule has 2 aliphatic rings. The number of benzene rings is 2. The van der Waals surface area contributed by atoms with E-state index in [1.807, 2.05) is 16.9 Å². The smallest absolute Gasteiger partial charge is 0.261 e. The van der Waals surface area contributed by atoms with Crippen LogP contribution in [0.25, 0.3) is 44.0 Å². The van der Waals surface area contributed by atoms with Crippen LogP contribution in [-0.2, 0) is 16.1 Å². The number of rotatable bonds is 58. The monoisotopic (exact) mass is 1360 g/mol. The highest BCUT2D eigenvalue weighted by Crippen LogP contribution is 2.51. The number of fused-ring (bicyclic) bond motifs is 2. The first-order chi connectivity index (χ1) is 47.8. The van der Waals surface area contributed by atoms with Crippen LogP contribution in [0, 0.1) is 29.1 Å². The van der Waals surface area contributed by atoms with Crippen LogP contribution in [0.4, 0.5) is 0 Å². The molecule has 3 unspecified atom stereocenters. The van der Waals surface area contributed by atoms with Crippen LogP contribution < -0.4 is 0 Å². The van der Waals surface area contributed by atoms with Crippen molar-refractivity contribution in [3.8, 4) is 27.6 Å². The van der Waals surface area contributed by atoms with Gasteiger partial charge in [-0.3, -0.25) is 9.59 Å². The Hall–Kier alpha value is -4.85. The van der Waals surface area contributed by atoms with Gasteiger partial charge in [0, 0.05) is 29.1 Å². The second-order valence-electron chi connectivity index (χ2n) is 29.8. The molecule has 0 fully saturated rings. The second-order valence-corrected chi connectivity index (χ2v) is 31.8. The maximum Gasteiger partial charge on any atom is 0.261 e. The standard InChI is InChI=1S/C87H134N6O2S2/c1-7-13-19-25-31-34-40-45-52-71(50-43-37-28-22-16-10-4)67-91-84(78-56-49-65-96-78)80-81(87(91)95)85(92(86(80)94)68-72(51-44-38-29-23-17-11-5)53-46-41-35-32-26-20-14-8-2)79-64-63-77(97-79)76-62-61-75(74-59-57-70(66-88)58-60-74)82-83(76)90-93(89-82)69-73(54-47-39-30-24-18-12-6)55-48-42-36-33-27-21-15-9-3/h49,56-65,71-73H,7-48,50-55,67-69H2,1-6H3. The van der Waals surface area contributed by atoms with Crippen molar-refractivity contribution in [2.75, 3.05) is 13.1 Å². The molecule has 97 heavy (non-hydrogen) atoms. The number of hydrogen-bond acceptors (Lipinski definition) is 7. The molecule has 0 bridgehead atoms. The number of nitrogens with zero attached hydrogens (tertiary/aromatic N) is 6. The number of hydrogen-bond donors (Lipinski definition) is 0. The van der Waals surface area contributed by atoms with E-state index in [0.29, 0.717) is 47.6 Å². The number of carbonyl (C=O) groups is 2. The lowest BCUT2D eigenvalue weighted by Gasteiger charge is -2.29. The van der Waals surface area contributed by atoms with Crippen LogP contribution in [-0.4, -0.2) is 49.7 Å². The maximum atomic E-state index is 16.2. The van der Waals surface area contributed by atoms with Crippen molar-refractivity contribution in [2.45, 2.75) is 356 Å². The van der Waals surface area contributed by atoms with E-state index in [2.05, 4.69) is 111 Å². The quantitative estimate of drug-likeness (QED) is 0.0362. The van der Waals surface area contributed by atoms with E-state index in [9.17, 15) is 5.26 Å². The zero-order valence-corrected chi connectivity index (χ0v) is 64.1. The fraction of sp³-hybridized carbons (Fsp3) is 0.690. The van der Waals surface area contributed by atoms with Crippen LogP contribution in [0.1, 0.15) is 365 Å². The van der Waals surface area contributed by atoms with E-state index in [4.69, 9.17) is 10.2 Å². The van der Waals surface area contributed by atoms with E-state index in [0.717, 1.165) is 86.0 Å². The Balaban J connectivity index is 1.29. The Bertz CT molecular complexity index is 3070. The first-order valence-electron chi connectivity index (χ1n) is 40.9. The summed E-state index contributed by atoms with van der Waals surface area (Å²) < 4.78 is 0. The van der Waals surface area contributed by atoms with Crippen molar-refractivity contribution in [3.05, 3.63) is 92.5 Å². The average Bonchev–Trinajstić information content (AvgIpc) is 1.56. The minimum atomic E-state index is 0.0122. The van der Waals surface area contributed by atoms with Gasteiger partial charge >= 0.3 is 0 Å². The summed E-state index contributed by atoms with van der Waals surface area (Å²) in [4.78, 5) is 41.8. The van der Waals surface area contributed by atoms with Gasteiger partial charge in [0.15, 0.2) is 0 Å². The summed E-state index contributed by atoms with van der Waals surface area (Å²) in [7, 11) is 0. The lowest BCUT2D eigenvalue weighted by Crippen LogP contribution is -2.34. The zero-order chi connectivity index (χ0) is 68.5. The van der Waals surface area contributed by atoms with E-state index in [1.165, 1.54) is 283 Å². The number of thiophene rings is 2. The molecule has 8 nitrogen and oxygen atoms in total. The molecule has 0 aliphatic carbocycles. The third-order valence-corrected chi connectivity index (χ3v) is 23.5. The fourth-order valence-corrected chi connectivity index (χ4v) is 17.5. The summed E-state index contributed by atoms with van der Waals surface area (Å²) in [5.41, 5.74) is 8.36. The normalized spacial score (nSPS) is 14.3. The van der Waals surface area contributed by atoms with E-state index < -0.39 is 0 Å². The van der Waals surface area contributed by atoms with Crippen LogP contribution in [0.2, 0.25) is 0 Å². The molecule has 2 aliphatic heterocycles. The molecule has 7 rings (SSSR count). The molecule has 3 atom stereocenters. The number of amides is 2. The van der Waals surface area contributed by atoms with Gasteiger partial charge in [-0.25, -0.2) is 0 Å². The summed E-state index contributed by atoms with van der Waals surface area (Å²) in [5, 5.41) is 23.0. The van der Waals surface area contributed by atoms with E-state index in [-0.39, 0.29) is 11.8 Å². The second kappa shape index (κ2) is 47.3. The zero-order valence-electron chi connectivity index (χ0n) is 62.5. The highest BCUT2D eigenvalue weighted by molar-refractivity contribution is 7.16. The molecular formula is C87H134N6O2S2. The molecule has 5 heterocycles. The Morgan fingerprint density at radius 1 is 0.371 bits per heavy atom. The molecule has 0 N–H and O–H groups in total. The molecular weight excluding hydrogens is 1230 g/mol. The minimum Gasteiger partial charge on any atom is -0.306 e. The SMILES string of the molecule is CCCCCCCCCCC(CCCCCCCC)CN1C(=O)C2=C(c3ccc(-c4ccc(-c5ccc(C#N)cc5)c5nn(CC(CCCCCCCC)CCCCCCCCCC)nc45)s3)N(CC(CCCCCCCC)CCCCCCCCCC)C(=O)C2=C1c1cccs1. The molecule has 5 aromatic rings. The predicted molar refractivity (Wildman–Crippen MR) is 419 cm³/mol. The largest absolute Gasteiger partial charge is 0.306 e. The highest BCUT2D eigenvalue weighted by atomic mass is 32.1. The minimum absolute atomic E-state index is 0.0122. The van der Waals surface area contributed by atoms with Gasteiger partial charge in [-0.1, -0.05) is 342 Å². The first kappa shape index (κ1) is 79.5. The number of unbranched alkanes of at least 4 members (excludes halogenated alkanes) is 36. The Labute approximate surface area is 600 Å². The van der Waals surface area contributed by atoms with Crippen molar-refractivity contribution in [3.63, 3.8) is 0 Å². The van der Waals surface area contributed by atoms with Crippen LogP contribution in [0.3, 0.4) is 0 Å². The Morgan fingerprint density at radius 3 is 1.06 bits per heavy atom. The van der Waals surface area contributed by atoms with Crippen molar-refractivity contribution >= 4 is 56.9 Å². The van der Waals surface area contributed by atoms with Crippen molar-refractivity contribution in [2.24, 2.45) is 17.8 Å². The van der Waals surface area contributed by atoms with Crippen molar-refractivity contribution < 1.29 is 9.59 Å². The average molecular weight is 1360 g/mol. The van der Waals surface area contributed by atoms with Gasteiger partial charge in [0.1, 0.15) is 11.0 Å². The van der Waals surface area contributed by atoms with E-state index >= 15 is 9.59 Å². The predicted octanol–water partition coefficient (Wildman–Crippen LogP) is 27.3. The summed E-state index contributed by atoms with van der Waals surface area (Å²) in [6, 6.07) is 23.4. The lowest BCUT2D eigenvalue weighted by molar-refractivity contribution is -0.124. The Kier molecular flexibility index (Phi) is 38.8. The fourth-order valence-electron chi connectivity index (χ4n) is 15.6. The van der Waals surface area contributed by atoms with Crippen molar-refractivity contribution in [1.29, 1.82) is 5.26 Å². The lowest BCUT2D eigenvalue weighted by atomic mass is 9.93. The third-order valence-electron chi connectivity index (χ3n) is 21.5. The summed E-state index contributed by atoms with van der Waals surface area (Å²) >= 11 is 3.38. The highest BCUT2D eigenvalue weighted by Gasteiger charge is 2.50. The maximum absolute atomic E-state index is 16.2. The van der Waals surface area contributed by atoms with Gasteiger partial charge < -0.3 is 9.80 Å². The molecule has 0 saturated carbocycles. The Morgan fingerprint density at radius 2 is 0.701 bits per heavy atom. The van der Waals surface area contributed by atoms with Crippen molar-refractivity contribution in [1.82, 2.24) is 24.8 Å². The summed E-state index contributed by atoms with van der Waals surface area (Å²) in [6.07, 6.45) is 60.7. The third kappa shape index (κ3) is 26.2. The summed E-state index contributed by atoms with van der Waals surface area (Å²) in [5.74, 6) is 1.21. The number of carbonyl (C=O) groups excluding carboxylic acids is 2. The number of nitriles is 1. The van der Waals surface area contributed by atoms with E-state index in [1.54, 1.807) is 22.7 Å². The number of aromatic nitrogens is 3. The van der Waals surface area contributed by atoms with Gasteiger partial charge in [0.05, 0.1) is 50.5 Å². The molecule has 2 amide bonds. The molecule has 2 aromatic carbocycles. The van der Waals surface area contributed by atoms with Gasteiger partial charge in [-0.2, -0.15) is 20.3 Å². The summed E-state index contributed by atoms with van der Waals surface area (Å²) in [6.45, 7) is 15.9. The topological polar surface area (TPSA) is 95.1 Å². The van der Waals surface area contributed by atoms with Gasteiger partial charge in [-0.15, -0.1) is 22.7 Å². The molecule has 0 saturated heterocycles. The van der Waals surface area contributed by atoms with Gasteiger partial charge in [-0.05, 0) is 97.6 Å². The molecule has 536 valence electrons.